The number of carbonyl (C=O) groups is 1. The van der Waals surface area contributed by atoms with Crippen molar-refractivity contribution in [2.75, 3.05) is 24.2 Å². The van der Waals surface area contributed by atoms with E-state index in [0.29, 0.717) is 10.6 Å². The molecule has 0 aliphatic heterocycles. The number of nitrogens with one attached hydrogen (secondary N) is 2. The Bertz CT molecular complexity index is 371. The molecule has 0 saturated carbocycles. The zero-order chi connectivity index (χ0) is 12.0. The molecule has 2 N–H and O–H groups in total. The van der Waals surface area contributed by atoms with Crippen LogP contribution in [0.4, 0.5) is 5.69 Å². The van der Waals surface area contributed by atoms with E-state index in [0.717, 1.165) is 24.0 Å². The van der Waals surface area contributed by atoms with Gasteiger partial charge in [-0.2, -0.15) is 0 Å². The van der Waals surface area contributed by atoms with Gasteiger partial charge in [0.05, 0.1) is 5.56 Å². The lowest BCUT2D eigenvalue weighted by Crippen LogP contribution is -2.20. The molecule has 0 aliphatic carbocycles. The fourth-order valence-corrected chi connectivity index (χ4v) is 1.74. The average Bonchev–Trinajstić information content (AvgIpc) is 2.30. The Labute approximate surface area is 109 Å². The van der Waals surface area contributed by atoms with Crippen LogP contribution in [0.2, 0.25) is 5.02 Å². The number of hydrogen-bond acceptors (Lipinski definition) is 2. The lowest BCUT2D eigenvalue weighted by molar-refractivity contribution is 0.0964. The Morgan fingerprint density at radius 1 is 1.50 bits per heavy atom. The molecule has 5 heteroatoms. The van der Waals surface area contributed by atoms with Gasteiger partial charge in [-0.3, -0.25) is 4.79 Å². The molecule has 1 aromatic rings. The number of halogens is 2. The van der Waals surface area contributed by atoms with Crippen LogP contribution in [0.1, 0.15) is 16.8 Å². The summed E-state index contributed by atoms with van der Waals surface area (Å²) in [5, 5.41) is 7.29. The zero-order valence-electron chi connectivity index (χ0n) is 9.02. The molecule has 0 heterocycles. The van der Waals surface area contributed by atoms with E-state index in [1.807, 2.05) is 6.07 Å². The van der Waals surface area contributed by atoms with Crippen LogP contribution in [0.3, 0.4) is 0 Å². The molecule has 0 bridgehead atoms. The summed E-state index contributed by atoms with van der Waals surface area (Å²) >= 11 is 9.22. The number of alkyl halides is 1. The van der Waals surface area contributed by atoms with E-state index in [1.165, 1.54) is 0 Å². The van der Waals surface area contributed by atoms with Gasteiger partial charge < -0.3 is 10.6 Å². The normalized spacial score (nSPS) is 9.94. The Balaban J connectivity index is 2.85. The summed E-state index contributed by atoms with van der Waals surface area (Å²) in [6, 6.07) is 5.25. The molecule has 0 spiro atoms. The third-order valence-corrected chi connectivity index (χ3v) is 2.87. The van der Waals surface area contributed by atoms with Crippen LogP contribution < -0.4 is 10.6 Å². The van der Waals surface area contributed by atoms with Crippen molar-refractivity contribution in [2.45, 2.75) is 6.42 Å². The Morgan fingerprint density at radius 3 is 2.88 bits per heavy atom. The van der Waals surface area contributed by atoms with Crippen LogP contribution in [0.15, 0.2) is 18.2 Å². The van der Waals surface area contributed by atoms with Crippen molar-refractivity contribution in [1.82, 2.24) is 5.32 Å². The van der Waals surface area contributed by atoms with Gasteiger partial charge in [0.25, 0.3) is 5.91 Å². The van der Waals surface area contributed by atoms with Gasteiger partial charge in [0.2, 0.25) is 0 Å². The van der Waals surface area contributed by atoms with Gasteiger partial charge in [-0.15, -0.1) is 0 Å². The van der Waals surface area contributed by atoms with Crippen molar-refractivity contribution in [3.8, 4) is 0 Å². The SMILES string of the molecule is CNC(=O)c1cc(Cl)ccc1NCCCBr. The molecule has 0 radical (unpaired) electrons. The topological polar surface area (TPSA) is 41.1 Å². The van der Waals surface area contributed by atoms with Crippen molar-refractivity contribution in [3.05, 3.63) is 28.8 Å². The summed E-state index contributed by atoms with van der Waals surface area (Å²) in [5.41, 5.74) is 1.38. The van der Waals surface area contributed by atoms with Crippen molar-refractivity contribution in [2.24, 2.45) is 0 Å². The number of anilines is 1. The first-order chi connectivity index (χ1) is 7.69. The van der Waals surface area contributed by atoms with Crippen LogP contribution in [-0.4, -0.2) is 24.8 Å². The quantitative estimate of drug-likeness (QED) is 0.649. The van der Waals surface area contributed by atoms with Gasteiger partial charge in [-0.1, -0.05) is 27.5 Å². The number of benzene rings is 1. The third kappa shape index (κ3) is 3.68. The fourth-order valence-electron chi connectivity index (χ4n) is 1.28. The summed E-state index contributed by atoms with van der Waals surface area (Å²) in [7, 11) is 1.60. The highest BCUT2D eigenvalue weighted by Gasteiger charge is 2.09. The van der Waals surface area contributed by atoms with E-state index >= 15 is 0 Å². The van der Waals surface area contributed by atoms with E-state index < -0.39 is 0 Å². The maximum absolute atomic E-state index is 11.6. The summed E-state index contributed by atoms with van der Waals surface area (Å²) < 4.78 is 0. The lowest BCUT2D eigenvalue weighted by Gasteiger charge is -2.10. The Kier molecular flexibility index (Phi) is 5.63. The largest absolute Gasteiger partial charge is 0.384 e. The minimum absolute atomic E-state index is 0.135. The standard InChI is InChI=1S/C11H14BrClN2O/c1-14-11(16)9-7-8(13)3-4-10(9)15-6-2-5-12/h3-4,7,15H,2,5-6H2,1H3,(H,14,16). The van der Waals surface area contributed by atoms with Gasteiger partial charge in [-0.05, 0) is 24.6 Å². The highest BCUT2D eigenvalue weighted by atomic mass is 79.9. The molecule has 1 rings (SSSR count). The molecule has 0 unspecified atom stereocenters. The highest BCUT2D eigenvalue weighted by Crippen LogP contribution is 2.20. The van der Waals surface area contributed by atoms with Crippen LogP contribution >= 0.6 is 27.5 Å². The molecule has 0 saturated heterocycles. The first-order valence-corrected chi connectivity index (χ1v) is 6.50. The maximum Gasteiger partial charge on any atom is 0.253 e. The first-order valence-electron chi connectivity index (χ1n) is 5.00. The summed E-state index contributed by atoms with van der Waals surface area (Å²) in [4.78, 5) is 11.6. The van der Waals surface area contributed by atoms with Gasteiger partial charge in [0.1, 0.15) is 0 Å². The van der Waals surface area contributed by atoms with Gasteiger partial charge >= 0.3 is 0 Å². The molecule has 16 heavy (non-hydrogen) atoms. The molecule has 3 nitrogen and oxygen atoms in total. The smallest absolute Gasteiger partial charge is 0.253 e. The summed E-state index contributed by atoms with van der Waals surface area (Å²) in [6.07, 6.45) is 0.996. The number of carbonyl (C=O) groups excluding carboxylic acids is 1. The predicted molar refractivity (Wildman–Crippen MR) is 71.7 cm³/mol. The van der Waals surface area contributed by atoms with Crippen LogP contribution in [-0.2, 0) is 0 Å². The Morgan fingerprint density at radius 2 is 2.25 bits per heavy atom. The van der Waals surface area contributed by atoms with E-state index in [1.54, 1.807) is 19.2 Å². The van der Waals surface area contributed by atoms with E-state index in [4.69, 9.17) is 11.6 Å². The first kappa shape index (κ1) is 13.3. The molecule has 0 atom stereocenters. The predicted octanol–water partition coefficient (Wildman–Crippen LogP) is 2.90. The van der Waals surface area contributed by atoms with Crippen LogP contribution in [0.25, 0.3) is 0 Å². The second kappa shape index (κ2) is 6.76. The minimum Gasteiger partial charge on any atom is -0.384 e. The van der Waals surface area contributed by atoms with E-state index in [9.17, 15) is 4.79 Å². The van der Waals surface area contributed by atoms with Gasteiger partial charge in [0, 0.05) is 29.6 Å². The average molecular weight is 306 g/mol. The van der Waals surface area contributed by atoms with Gasteiger partial charge in [-0.25, -0.2) is 0 Å². The molecule has 1 aromatic carbocycles. The minimum atomic E-state index is -0.135. The number of amides is 1. The van der Waals surface area contributed by atoms with Crippen molar-refractivity contribution < 1.29 is 4.79 Å². The number of rotatable bonds is 5. The van der Waals surface area contributed by atoms with Gasteiger partial charge in [0.15, 0.2) is 0 Å². The molecular weight excluding hydrogens is 291 g/mol. The van der Waals surface area contributed by atoms with Crippen LogP contribution in [0, 0.1) is 0 Å². The monoisotopic (exact) mass is 304 g/mol. The lowest BCUT2D eigenvalue weighted by atomic mass is 10.1. The van der Waals surface area contributed by atoms with Crippen molar-refractivity contribution in [1.29, 1.82) is 0 Å². The zero-order valence-corrected chi connectivity index (χ0v) is 11.4. The molecule has 88 valence electrons. The maximum atomic E-state index is 11.6. The summed E-state index contributed by atoms with van der Waals surface area (Å²) in [5.74, 6) is -0.135. The fraction of sp³-hybridized carbons (Fsp3) is 0.364. The molecular formula is C11H14BrClN2O. The molecule has 1 amide bonds. The number of hydrogen-bond donors (Lipinski definition) is 2. The van der Waals surface area contributed by atoms with Crippen LogP contribution in [0.5, 0.6) is 0 Å². The molecule has 0 aliphatic rings. The summed E-state index contributed by atoms with van der Waals surface area (Å²) in [6.45, 7) is 0.816. The molecule has 0 aromatic heterocycles. The van der Waals surface area contributed by atoms with E-state index in [2.05, 4.69) is 26.6 Å². The van der Waals surface area contributed by atoms with E-state index in [-0.39, 0.29) is 5.91 Å². The van der Waals surface area contributed by atoms with Crippen molar-refractivity contribution in [3.63, 3.8) is 0 Å². The Hall–Kier alpha value is -0.740. The second-order valence-corrected chi connectivity index (χ2v) is 4.47. The highest BCUT2D eigenvalue weighted by molar-refractivity contribution is 9.09. The van der Waals surface area contributed by atoms with Crippen molar-refractivity contribution >= 4 is 39.1 Å². The third-order valence-electron chi connectivity index (χ3n) is 2.08. The second-order valence-electron chi connectivity index (χ2n) is 3.24. The molecule has 0 fully saturated rings.